The van der Waals surface area contributed by atoms with Gasteiger partial charge in [-0.05, 0) is 37.0 Å². The molecule has 1 aromatic rings. The summed E-state index contributed by atoms with van der Waals surface area (Å²) in [5.74, 6) is 0.133. The fourth-order valence-electron chi connectivity index (χ4n) is 2.18. The number of rotatable bonds is 3. The molecule has 4 heteroatoms. The predicted molar refractivity (Wildman–Crippen MR) is 66.8 cm³/mol. The van der Waals surface area contributed by atoms with Gasteiger partial charge in [0.2, 0.25) is 5.91 Å². The summed E-state index contributed by atoms with van der Waals surface area (Å²) in [4.78, 5) is 13.7. The summed E-state index contributed by atoms with van der Waals surface area (Å²) in [6.45, 7) is 0. The van der Waals surface area contributed by atoms with E-state index < -0.39 is 5.54 Å². The third-order valence-electron chi connectivity index (χ3n) is 3.70. The van der Waals surface area contributed by atoms with Crippen molar-refractivity contribution in [3.63, 3.8) is 0 Å². The number of hydrogen-bond donors (Lipinski definition) is 1. The van der Waals surface area contributed by atoms with E-state index in [9.17, 15) is 15.2 Å². The smallest absolute Gasteiger partial charge is 0.228 e. The van der Waals surface area contributed by atoms with Crippen molar-refractivity contribution in [3.8, 4) is 11.8 Å². The normalized spacial score (nSPS) is 16.4. The van der Waals surface area contributed by atoms with Gasteiger partial charge in [0.15, 0.2) is 0 Å². The molecule has 0 radical (unpaired) electrons. The van der Waals surface area contributed by atoms with Gasteiger partial charge in [-0.1, -0.05) is 12.1 Å². The molecule has 0 heterocycles. The third-order valence-corrected chi connectivity index (χ3v) is 3.70. The summed E-state index contributed by atoms with van der Waals surface area (Å²) in [7, 11) is 1.70. The lowest BCUT2D eigenvalue weighted by Crippen LogP contribution is -2.53. The molecule has 0 saturated heterocycles. The summed E-state index contributed by atoms with van der Waals surface area (Å²) >= 11 is 0. The minimum absolute atomic E-state index is 0.0538. The monoisotopic (exact) mass is 244 g/mol. The summed E-state index contributed by atoms with van der Waals surface area (Å²) < 4.78 is 0. The first-order valence-electron chi connectivity index (χ1n) is 6.03. The van der Waals surface area contributed by atoms with Gasteiger partial charge in [-0.2, -0.15) is 5.26 Å². The highest BCUT2D eigenvalue weighted by Gasteiger charge is 2.43. The number of hydrogen-bond acceptors (Lipinski definition) is 3. The van der Waals surface area contributed by atoms with E-state index in [1.807, 2.05) is 0 Å². The second kappa shape index (κ2) is 4.69. The van der Waals surface area contributed by atoms with Crippen molar-refractivity contribution < 1.29 is 9.90 Å². The number of likely N-dealkylation sites (N-methyl/N-ethyl adjacent to an activating group) is 1. The van der Waals surface area contributed by atoms with Crippen molar-refractivity contribution in [2.24, 2.45) is 0 Å². The molecule has 1 amide bonds. The largest absolute Gasteiger partial charge is 0.508 e. The van der Waals surface area contributed by atoms with Crippen molar-refractivity contribution >= 4 is 5.91 Å². The Bertz CT molecular complexity index is 484. The molecular formula is C14H16N2O2. The Kier molecular flexibility index (Phi) is 3.24. The number of benzene rings is 1. The first kappa shape index (κ1) is 12.4. The van der Waals surface area contributed by atoms with Crippen molar-refractivity contribution in [1.82, 2.24) is 4.90 Å². The van der Waals surface area contributed by atoms with Gasteiger partial charge in [0.05, 0.1) is 12.5 Å². The van der Waals surface area contributed by atoms with E-state index in [0.29, 0.717) is 0 Å². The van der Waals surface area contributed by atoms with Crippen molar-refractivity contribution in [2.45, 2.75) is 31.2 Å². The maximum Gasteiger partial charge on any atom is 0.228 e. The van der Waals surface area contributed by atoms with Gasteiger partial charge < -0.3 is 10.0 Å². The van der Waals surface area contributed by atoms with Crippen LogP contribution in [0.3, 0.4) is 0 Å². The Hall–Kier alpha value is -2.02. The Morgan fingerprint density at radius 1 is 1.44 bits per heavy atom. The number of aromatic hydroxyl groups is 1. The molecule has 1 aliphatic rings. The zero-order valence-corrected chi connectivity index (χ0v) is 10.4. The molecule has 1 fully saturated rings. The minimum atomic E-state index is -0.589. The molecule has 0 spiro atoms. The van der Waals surface area contributed by atoms with E-state index in [0.717, 1.165) is 24.8 Å². The number of carbonyl (C=O) groups is 1. The van der Waals surface area contributed by atoms with E-state index in [1.54, 1.807) is 36.2 Å². The number of amides is 1. The molecule has 0 aromatic heterocycles. The first-order chi connectivity index (χ1) is 8.57. The highest BCUT2D eigenvalue weighted by atomic mass is 16.3. The van der Waals surface area contributed by atoms with E-state index in [4.69, 9.17) is 0 Å². The van der Waals surface area contributed by atoms with Crippen molar-refractivity contribution in [3.05, 3.63) is 29.8 Å². The fourth-order valence-corrected chi connectivity index (χ4v) is 2.18. The Labute approximate surface area is 106 Å². The van der Waals surface area contributed by atoms with Crippen LogP contribution >= 0.6 is 0 Å². The van der Waals surface area contributed by atoms with E-state index >= 15 is 0 Å². The van der Waals surface area contributed by atoms with Gasteiger partial charge in [0.1, 0.15) is 11.3 Å². The number of phenols is 1. The fraction of sp³-hybridized carbons (Fsp3) is 0.429. The van der Waals surface area contributed by atoms with Crippen LogP contribution in [-0.4, -0.2) is 28.5 Å². The lowest BCUT2D eigenvalue weighted by atomic mass is 9.76. The molecule has 1 saturated carbocycles. The maximum atomic E-state index is 12.1. The van der Waals surface area contributed by atoms with Gasteiger partial charge in [0, 0.05) is 7.05 Å². The number of nitrogens with zero attached hydrogens (tertiary/aromatic N) is 2. The molecule has 0 unspecified atom stereocenters. The van der Waals surface area contributed by atoms with Crippen LogP contribution in [0.4, 0.5) is 0 Å². The van der Waals surface area contributed by atoms with Gasteiger partial charge in [-0.15, -0.1) is 0 Å². The number of phenolic OH excluding ortho intramolecular Hbond substituents is 1. The lowest BCUT2D eigenvalue weighted by molar-refractivity contribution is -0.135. The summed E-state index contributed by atoms with van der Waals surface area (Å²) in [6, 6.07) is 8.82. The van der Waals surface area contributed by atoms with Gasteiger partial charge in [-0.3, -0.25) is 4.79 Å². The average Bonchev–Trinajstić information content (AvgIpc) is 2.31. The number of nitriles is 1. The topological polar surface area (TPSA) is 64.3 Å². The molecule has 1 aromatic carbocycles. The molecule has 0 atom stereocenters. The van der Waals surface area contributed by atoms with E-state index in [2.05, 4.69) is 6.07 Å². The molecular weight excluding hydrogens is 228 g/mol. The van der Waals surface area contributed by atoms with Crippen LogP contribution in [0.25, 0.3) is 0 Å². The SMILES string of the molecule is CN(C(=O)Cc1ccc(O)cc1)C1(C#N)CCC1. The van der Waals surface area contributed by atoms with Gasteiger partial charge in [-0.25, -0.2) is 0 Å². The van der Waals surface area contributed by atoms with E-state index in [1.165, 1.54) is 0 Å². The Morgan fingerprint density at radius 2 is 2.06 bits per heavy atom. The second-order valence-electron chi connectivity index (χ2n) is 4.79. The Balaban J connectivity index is 2.04. The highest BCUT2D eigenvalue weighted by Crippen LogP contribution is 2.36. The van der Waals surface area contributed by atoms with Crippen LogP contribution in [0.5, 0.6) is 5.75 Å². The highest BCUT2D eigenvalue weighted by molar-refractivity contribution is 5.80. The van der Waals surface area contributed by atoms with Crippen LogP contribution in [-0.2, 0) is 11.2 Å². The van der Waals surface area contributed by atoms with Gasteiger partial charge >= 0.3 is 0 Å². The van der Waals surface area contributed by atoms with Crippen LogP contribution in [0.2, 0.25) is 0 Å². The first-order valence-corrected chi connectivity index (χ1v) is 6.03. The molecule has 18 heavy (non-hydrogen) atoms. The minimum Gasteiger partial charge on any atom is -0.508 e. The zero-order valence-electron chi connectivity index (χ0n) is 10.4. The van der Waals surface area contributed by atoms with Crippen molar-refractivity contribution in [1.29, 1.82) is 5.26 Å². The predicted octanol–water partition coefficient (Wildman–Crippen LogP) is 1.84. The third kappa shape index (κ3) is 2.17. The van der Waals surface area contributed by atoms with Crippen LogP contribution < -0.4 is 0 Å². The summed E-state index contributed by atoms with van der Waals surface area (Å²) in [6.07, 6.45) is 2.80. The molecule has 2 rings (SSSR count). The summed E-state index contributed by atoms with van der Waals surface area (Å²) in [5.41, 5.74) is 0.255. The molecule has 0 bridgehead atoms. The number of carbonyl (C=O) groups excluding carboxylic acids is 1. The molecule has 1 aliphatic carbocycles. The van der Waals surface area contributed by atoms with Crippen LogP contribution in [0, 0.1) is 11.3 Å². The van der Waals surface area contributed by atoms with Crippen LogP contribution in [0.1, 0.15) is 24.8 Å². The zero-order chi connectivity index (χ0) is 13.2. The maximum absolute atomic E-state index is 12.1. The molecule has 1 N–H and O–H groups in total. The van der Waals surface area contributed by atoms with Crippen molar-refractivity contribution in [2.75, 3.05) is 7.05 Å². The van der Waals surface area contributed by atoms with Gasteiger partial charge in [0.25, 0.3) is 0 Å². The lowest BCUT2D eigenvalue weighted by Gasteiger charge is -2.43. The quantitative estimate of drug-likeness (QED) is 0.882. The standard InChI is InChI=1S/C14H16N2O2/c1-16(14(10-15)7-2-8-14)13(18)9-11-3-5-12(17)6-4-11/h3-6,17H,2,7-9H2,1H3. The molecule has 4 nitrogen and oxygen atoms in total. The molecule has 0 aliphatic heterocycles. The second-order valence-corrected chi connectivity index (χ2v) is 4.79. The average molecular weight is 244 g/mol. The van der Waals surface area contributed by atoms with Crippen LogP contribution in [0.15, 0.2) is 24.3 Å². The molecule has 94 valence electrons. The summed E-state index contributed by atoms with van der Waals surface area (Å²) in [5, 5.41) is 18.4. The Morgan fingerprint density at radius 3 is 2.50 bits per heavy atom. The van der Waals surface area contributed by atoms with E-state index in [-0.39, 0.29) is 18.1 Å².